The first-order valence-electron chi connectivity index (χ1n) is 17.3. The maximum atomic E-state index is 5.19. The van der Waals surface area contributed by atoms with Crippen molar-refractivity contribution in [1.29, 1.82) is 0 Å². The molecule has 3 nitrogen and oxygen atoms in total. The van der Waals surface area contributed by atoms with Crippen LogP contribution in [-0.2, 0) is 26.5 Å². The molecule has 0 amide bonds. The Balaban J connectivity index is 0.000000182. The number of nitrogens with zero attached hydrogens (tertiary/aromatic N) is 3. The van der Waals surface area contributed by atoms with E-state index < -0.39 is 8.07 Å². The van der Waals surface area contributed by atoms with Gasteiger partial charge in [-0.3, -0.25) is 4.98 Å². The van der Waals surface area contributed by atoms with Crippen LogP contribution in [0.1, 0.15) is 39.3 Å². The number of rotatable bonds is 6. The molecule has 0 saturated carbocycles. The molecule has 0 fully saturated rings. The van der Waals surface area contributed by atoms with E-state index in [1.165, 1.54) is 47.2 Å². The van der Waals surface area contributed by atoms with E-state index in [1.807, 2.05) is 35.6 Å². The fourth-order valence-corrected chi connectivity index (χ4v) is 9.65. The molecule has 1 radical (unpaired) electrons. The molecule has 255 valence electrons. The van der Waals surface area contributed by atoms with E-state index in [2.05, 4.69) is 154 Å². The SMILES string of the molecule is CC(C)Cc1cc(-c2[c-]cccc2)ncc1[Si](C)(C)C.CC(C)n1c(-c2[c-]ccc3c2sc2ccccc23)nc2c3ccccc3ccc21.[Ir]. The molecule has 0 spiro atoms. The first-order chi connectivity index (χ1) is 23.6. The number of imidazole rings is 1. The van der Waals surface area contributed by atoms with Crippen LogP contribution in [0.25, 0.3) is 64.6 Å². The second-order valence-corrected chi connectivity index (χ2v) is 20.7. The molecule has 0 aliphatic rings. The van der Waals surface area contributed by atoms with E-state index in [1.54, 1.807) is 0 Å². The van der Waals surface area contributed by atoms with Gasteiger partial charge >= 0.3 is 0 Å². The Hall–Kier alpha value is -3.93. The molecule has 8 aromatic rings. The van der Waals surface area contributed by atoms with Crippen molar-refractivity contribution in [2.75, 3.05) is 0 Å². The summed E-state index contributed by atoms with van der Waals surface area (Å²) in [6.07, 6.45) is 3.24. The third-order valence-electron chi connectivity index (χ3n) is 9.07. The molecule has 0 N–H and O–H groups in total. The summed E-state index contributed by atoms with van der Waals surface area (Å²) in [5.41, 5.74) is 6.94. The predicted octanol–water partition coefficient (Wildman–Crippen LogP) is 11.9. The standard InChI is InChI=1S/C26H19N2S.C18H24NSi.Ir/c1-16(2)28-22-15-14-17-8-3-4-9-18(17)24(22)27-26(28)21-12-7-11-20-19-10-5-6-13-23(19)29-25(20)21;1-14(2)11-16-12-17(15-9-7-6-8-10-15)19-13-18(16)20(3,4)5;/h3-11,13-16H,1-2H3;6-9,12-14H,11H2,1-5H3;/q2*-1;. The Morgan fingerprint density at radius 1 is 0.780 bits per heavy atom. The molecule has 0 saturated heterocycles. The third kappa shape index (κ3) is 7.00. The fraction of sp³-hybridized carbons (Fsp3) is 0.227. The van der Waals surface area contributed by atoms with Crippen LogP contribution in [0.5, 0.6) is 0 Å². The van der Waals surface area contributed by atoms with Crippen molar-refractivity contribution in [2.45, 2.75) is 59.8 Å². The quantitative estimate of drug-likeness (QED) is 0.123. The van der Waals surface area contributed by atoms with Gasteiger partial charge in [-0.15, -0.1) is 54.1 Å². The van der Waals surface area contributed by atoms with Gasteiger partial charge < -0.3 is 9.55 Å². The number of aromatic nitrogens is 3. The summed E-state index contributed by atoms with van der Waals surface area (Å²) in [4.78, 5) is 9.88. The van der Waals surface area contributed by atoms with Gasteiger partial charge in [-0.05, 0) is 64.7 Å². The molecule has 5 aromatic carbocycles. The Morgan fingerprint density at radius 3 is 2.24 bits per heavy atom. The minimum Gasteiger partial charge on any atom is -0.362 e. The van der Waals surface area contributed by atoms with Gasteiger partial charge in [0, 0.05) is 42.4 Å². The second kappa shape index (κ2) is 14.7. The van der Waals surface area contributed by atoms with Gasteiger partial charge in [0.25, 0.3) is 0 Å². The molecule has 0 bridgehead atoms. The van der Waals surface area contributed by atoms with Gasteiger partial charge in [0.05, 0.1) is 24.9 Å². The fourth-order valence-electron chi connectivity index (χ4n) is 6.87. The molecule has 0 aliphatic carbocycles. The molecule has 8 rings (SSSR count). The average molecular weight is 866 g/mol. The van der Waals surface area contributed by atoms with Crippen LogP contribution in [0.15, 0.2) is 109 Å². The summed E-state index contributed by atoms with van der Waals surface area (Å²) in [6.45, 7) is 16.2. The van der Waals surface area contributed by atoms with Crippen molar-refractivity contribution in [2.24, 2.45) is 5.92 Å². The summed E-state index contributed by atoms with van der Waals surface area (Å²) in [5.74, 6) is 1.67. The van der Waals surface area contributed by atoms with Crippen LogP contribution < -0.4 is 5.19 Å². The summed E-state index contributed by atoms with van der Waals surface area (Å²) in [5, 5.41) is 6.51. The second-order valence-electron chi connectivity index (χ2n) is 14.6. The maximum absolute atomic E-state index is 5.19. The number of fused-ring (bicyclic) bond motifs is 6. The Bertz CT molecular complexity index is 2420. The van der Waals surface area contributed by atoms with Gasteiger partial charge in [-0.1, -0.05) is 105 Å². The zero-order valence-electron chi connectivity index (χ0n) is 29.8. The molecule has 3 aromatic heterocycles. The van der Waals surface area contributed by atoms with Gasteiger partial charge in [-0.2, -0.15) is 11.3 Å². The minimum atomic E-state index is -1.34. The van der Waals surface area contributed by atoms with E-state index in [0.29, 0.717) is 12.0 Å². The van der Waals surface area contributed by atoms with Crippen molar-refractivity contribution >= 4 is 66.6 Å². The van der Waals surface area contributed by atoms with Crippen molar-refractivity contribution in [1.82, 2.24) is 14.5 Å². The molecule has 0 unspecified atom stereocenters. The van der Waals surface area contributed by atoms with Crippen LogP contribution >= 0.6 is 11.3 Å². The molecular weight excluding hydrogens is 823 g/mol. The third-order valence-corrected chi connectivity index (χ3v) is 12.3. The Morgan fingerprint density at radius 2 is 1.52 bits per heavy atom. The van der Waals surface area contributed by atoms with E-state index >= 15 is 0 Å². The van der Waals surface area contributed by atoms with E-state index in [4.69, 9.17) is 4.98 Å². The smallest absolute Gasteiger partial charge is 0.0849 e. The molecule has 6 heteroatoms. The van der Waals surface area contributed by atoms with Crippen LogP contribution in [0.4, 0.5) is 0 Å². The molecule has 3 heterocycles. The van der Waals surface area contributed by atoms with Crippen molar-refractivity contribution in [3.05, 3.63) is 127 Å². The van der Waals surface area contributed by atoms with Gasteiger partial charge in [0.1, 0.15) is 0 Å². The van der Waals surface area contributed by atoms with Gasteiger partial charge in [0.15, 0.2) is 0 Å². The first-order valence-corrected chi connectivity index (χ1v) is 21.6. The summed E-state index contributed by atoms with van der Waals surface area (Å²) in [7, 11) is -1.34. The Labute approximate surface area is 314 Å². The van der Waals surface area contributed by atoms with E-state index in [-0.39, 0.29) is 20.1 Å². The van der Waals surface area contributed by atoms with Gasteiger partial charge in [0.2, 0.25) is 0 Å². The maximum Gasteiger partial charge on any atom is 0.0849 e. The summed E-state index contributed by atoms with van der Waals surface area (Å²) < 4.78 is 4.92. The number of thiophene rings is 1. The number of hydrogen-bond donors (Lipinski definition) is 0. The number of hydrogen-bond acceptors (Lipinski definition) is 3. The van der Waals surface area contributed by atoms with Crippen molar-refractivity contribution < 1.29 is 20.1 Å². The molecule has 50 heavy (non-hydrogen) atoms. The summed E-state index contributed by atoms with van der Waals surface area (Å²) >= 11 is 1.83. The molecule has 0 atom stereocenters. The van der Waals surface area contributed by atoms with Crippen molar-refractivity contribution in [3.8, 4) is 22.6 Å². The number of benzene rings is 5. The molecule has 0 aliphatic heterocycles. The zero-order chi connectivity index (χ0) is 34.3. The van der Waals surface area contributed by atoms with Crippen molar-refractivity contribution in [3.63, 3.8) is 0 Å². The Kier molecular flexibility index (Phi) is 10.6. The first kappa shape index (κ1) is 35.9. The zero-order valence-corrected chi connectivity index (χ0v) is 34.0. The van der Waals surface area contributed by atoms with Crippen LogP contribution in [0.2, 0.25) is 19.6 Å². The van der Waals surface area contributed by atoms with Gasteiger partial charge in [-0.25, -0.2) is 0 Å². The number of pyridine rings is 1. The largest absolute Gasteiger partial charge is 0.362 e. The predicted molar refractivity (Wildman–Crippen MR) is 215 cm³/mol. The summed E-state index contributed by atoms with van der Waals surface area (Å²) in [6, 6.07) is 43.2. The molecular formula is C44H43IrN3SSi-2. The minimum absolute atomic E-state index is 0. The average Bonchev–Trinajstić information content (AvgIpc) is 3.68. The van der Waals surface area contributed by atoms with Crippen LogP contribution in [-0.4, -0.2) is 22.6 Å². The van der Waals surface area contributed by atoms with E-state index in [0.717, 1.165) is 34.6 Å². The van der Waals surface area contributed by atoms with Crippen LogP contribution in [0.3, 0.4) is 0 Å². The van der Waals surface area contributed by atoms with Crippen LogP contribution in [0, 0.1) is 18.1 Å². The topological polar surface area (TPSA) is 30.7 Å². The normalized spacial score (nSPS) is 11.8. The monoisotopic (exact) mass is 866 g/mol. The van der Waals surface area contributed by atoms with E-state index in [9.17, 15) is 0 Å².